The fourth-order valence-corrected chi connectivity index (χ4v) is 3.31. The van der Waals surface area contributed by atoms with Gasteiger partial charge in [0, 0.05) is 19.5 Å². The fraction of sp³-hybridized carbons (Fsp3) is 0.933. The van der Waals surface area contributed by atoms with Crippen LogP contribution in [0.4, 0.5) is 0 Å². The number of likely N-dealkylation sites (tertiary alicyclic amines) is 1. The lowest BCUT2D eigenvalue weighted by Crippen LogP contribution is -2.35. The molecule has 19 heavy (non-hydrogen) atoms. The summed E-state index contributed by atoms with van der Waals surface area (Å²) in [7, 11) is 0. The number of amides is 1. The van der Waals surface area contributed by atoms with Crippen molar-refractivity contribution in [2.24, 2.45) is 23.0 Å². The van der Waals surface area contributed by atoms with Crippen molar-refractivity contribution in [3.05, 3.63) is 0 Å². The van der Waals surface area contributed by atoms with E-state index >= 15 is 0 Å². The minimum absolute atomic E-state index is 0. The lowest BCUT2D eigenvalue weighted by Gasteiger charge is -2.28. The van der Waals surface area contributed by atoms with Gasteiger partial charge in [0.1, 0.15) is 0 Å². The standard InChI is InChI=1S/C15H28N2O.ClH/c1-12-3-5-13(6-4-12)9-14(18)17-8-7-15(2,10-16)11-17;/h12-13H,3-11,16H2,1-2H3;1H. The number of hydrogen-bond acceptors (Lipinski definition) is 2. The van der Waals surface area contributed by atoms with Crippen LogP contribution in [0.1, 0.15) is 52.4 Å². The van der Waals surface area contributed by atoms with Crippen LogP contribution in [0.15, 0.2) is 0 Å². The molecule has 2 aliphatic rings. The largest absolute Gasteiger partial charge is 0.342 e. The molecule has 1 unspecified atom stereocenters. The Morgan fingerprint density at radius 3 is 2.47 bits per heavy atom. The Balaban J connectivity index is 0.00000180. The zero-order valence-electron chi connectivity index (χ0n) is 12.4. The molecule has 1 saturated heterocycles. The molecular weight excluding hydrogens is 260 g/mol. The van der Waals surface area contributed by atoms with E-state index in [1.165, 1.54) is 25.7 Å². The molecule has 1 aliphatic heterocycles. The normalized spacial score (nSPS) is 35.0. The third-order valence-corrected chi connectivity index (χ3v) is 5.00. The molecule has 1 heterocycles. The average molecular weight is 289 g/mol. The van der Waals surface area contributed by atoms with Gasteiger partial charge in [0.05, 0.1) is 0 Å². The summed E-state index contributed by atoms with van der Waals surface area (Å²) in [6.07, 6.45) is 6.94. The first-order valence-electron chi connectivity index (χ1n) is 7.50. The molecule has 4 heteroatoms. The molecule has 1 aliphatic carbocycles. The van der Waals surface area contributed by atoms with Crippen molar-refractivity contribution in [2.75, 3.05) is 19.6 Å². The van der Waals surface area contributed by atoms with Crippen molar-refractivity contribution in [2.45, 2.75) is 52.4 Å². The molecule has 2 fully saturated rings. The molecular formula is C15H29ClN2O. The Hall–Kier alpha value is -0.280. The van der Waals surface area contributed by atoms with Crippen LogP contribution in [-0.2, 0) is 4.79 Å². The molecule has 3 nitrogen and oxygen atoms in total. The van der Waals surface area contributed by atoms with Gasteiger partial charge in [0.2, 0.25) is 5.91 Å². The van der Waals surface area contributed by atoms with E-state index in [2.05, 4.69) is 13.8 Å². The molecule has 2 N–H and O–H groups in total. The second-order valence-electron chi connectivity index (χ2n) is 6.91. The van der Waals surface area contributed by atoms with Crippen LogP contribution >= 0.6 is 12.4 Å². The van der Waals surface area contributed by atoms with Gasteiger partial charge < -0.3 is 10.6 Å². The van der Waals surface area contributed by atoms with Gasteiger partial charge in [-0.3, -0.25) is 4.79 Å². The highest BCUT2D eigenvalue weighted by Crippen LogP contribution is 2.33. The molecule has 0 radical (unpaired) electrons. The highest BCUT2D eigenvalue weighted by molar-refractivity contribution is 5.85. The van der Waals surface area contributed by atoms with Crippen LogP contribution in [0.25, 0.3) is 0 Å². The first kappa shape index (κ1) is 16.8. The van der Waals surface area contributed by atoms with E-state index in [1.807, 2.05) is 4.90 Å². The van der Waals surface area contributed by atoms with Crippen LogP contribution in [0.3, 0.4) is 0 Å². The summed E-state index contributed by atoms with van der Waals surface area (Å²) in [5.41, 5.74) is 5.96. The Bertz CT molecular complexity index is 303. The zero-order valence-corrected chi connectivity index (χ0v) is 13.2. The molecule has 0 spiro atoms. The van der Waals surface area contributed by atoms with E-state index in [0.717, 1.165) is 31.8 Å². The van der Waals surface area contributed by atoms with Crippen LogP contribution in [-0.4, -0.2) is 30.4 Å². The smallest absolute Gasteiger partial charge is 0.222 e. The van der Waals surface area contributed by atoms with Crippen LogP contribution in [0.5, 0.6) is 0 Å². The minimum Gasteiger partial charge on any atom is -0.342 e. The summed E-state index contributed by atoms with van der Waals surface area (Å²) in [6, 6.07) is 0. The van der Waals surface area contributed by atoms with Crippen molar-refractivity contribution in [1.29, 1.82) is 0 Å². The number of carbonyl (C=O) groups excluding carboxylic acids is 1. The summed E-state index contributed by atoms with van der Waals surface area (Å²) in [6.45, 7) is 6.99. The zero-order chi connectivity index (χ0) is 13.2. The minimum atomic E-state index is 0. The van der Waals surface area contributed by atoms with Crippen molar-refractivity contribution in [1.82, 2.24) is 4.90 Å². The van der Waals surface area contributed by atoms with Crippen molar-refractivity contribution < 1.29 is 4.79 Å². The number of nitrogens with zero attached hydrogens (tertiary/aromatic N) is 1. The first-order valence-corrected chi connectivity index (χ1v) is 7.50. The molecule has 1 amide bonds. The number of carbonyl (C=O) groups is 1. The third-order valence-electron chi connectivity index (χ3n) is 5.00. The van der Waals surface area contributed by atoms with E-state index in [9.17, 15) is 4.79 Å². The maximum absolute atomic E-state index is 12.3. The summed E-state index contributed by atoms with van der Waals surface area (Å²) >= 11 is 0. The van der Waals surface area contributed by atoms with Gasteiger partial charge in [-0.05, 0) is 43.1 Å². The van der Waals surface area contributed by atoms with Gasteiger partial charge in [-0.1, -0.05) is 26.7 Å². The SMILES string of the molecule is CC1CCC(CC(=O)N2CCC(C)(CN)C2)CC1.Cl. The molecule has 1 atom stereocenters. The van der Waals surface area contributed by atoms with Crippen molar-refractivity contribution in [3.63, 3.8) is 0 Å². The van der Waals surface area contributed by atoms with E-state index in [4.69, 9.17) is 5.73 Å². The third kappa shape index (κ3) is 4.35. The number of rotatable bonds is 3. The molecule has 0 bridgehead atoms. The highest BCUT2D eigenvalue weighted by atomic mass is 35.5. The highest BCUT2D eigenvalue weighted by Gasteiger charge is 2.35. The topological polar surface area (TPSA) is 46.3 Å². The van der Waals surface area contributed by atoms with E-state index in [-0.39, 0.29) is 17.8 Å². The maximum atomic E-state index is 12.3. The van der Waals surface area contributed by atoms with Gasteiger partial charge in [-0.25, -0.2) is 0 Å². The Morgan fingerprint density at radius 2 is 1.95 bits per heavy atom. The first-order chi connectivity index (χ1) is 8.52. The monoisotopic (exact) mass is 288 g/mol. The predicted molar refractivity (Wildman–Crippen MR) is 81.3 cm³/mol. The van der Waals surface area contributed by atoms with Gasteiger partial charge in [0.25, 0.3) is 0 Å². The summed E-state index contributed by atoms with van der Waals surface area (Å²) < 4.78 is 0. The van der Waals surface area contributed by atoms with E-state index in [0.29, 0.717) is 18.4 Å². The van der Waals surface area contributed by atoms with Crippen LogP contribution in [0.2, 0.25) is 0 Å². The Labute approximate surface area is 123 Å². The lowest BCUT2D eigenvalue weighted by atomic mass is 9.81. The average Bonchev–Trinajstić information content (AvgIpc) is 2.76. The number of nitrogens with two attached hydrogens (primary N) is 1. The van der Waals surface area contributed by atoms with Gasteiger partial charge in [-0.15, -0.1) is 12.4 Å². The second-order valence-corrected chi connectivity index (χ2v) is 6.91. The van der Waals surface area contributed by atoms with E-state index < -0.39 is 0 Å². The molecule has 0 aromatic heterocycles. The van der Waals surface area contributed by atoms with E-state index in [1.54, 1.807) is 0 Å². The van der Waals surface area contributed by atoms with Crippen LogP contribution in [0, 0.1) is 17.3 Å². The van der Waals surface area contributed by atoms with Crippen molar-refractivity contribution in [3.8, 4) is 0 Å². The summed E-state index contributed by atoms with van der Waals surface area (Å²) in [5.74, 6) is 1.87. The molecule has 1 saturated carbocycles. The number of hydrogen-bond donors (Lipinski definition) is 1. The van der Waals surface area contributed by atoms with Gasteiger partial charge >= 0.3 is 0 Å². The molecule has 112 valence electrons. The Kier molecular flexibility index (Phi) is 6.13. The van der Waals surface area contributed by atoms with Crippen LogP contribution < -0.4 is 5.73 Å². The molecule has 2 rings (SSSR count). The lowest BCUT2D eigenvalue weighted by molar-refractivity contribution is -0.131. The number of halogens is 1. The van der Waals surface area contributed by atoms with Crippen molar-refractivity contribution >= 4 is 18.3 Å². The van der Waals surface area contributed by atoms with Gasteiger partial charge in [-0.2, -0.15) is 0 Å². The maximum Gasteiger partial charge on any atom is 0.222 e. The molecule has 0 aromatic carbocycles. The second kappa shape index (κ2) is 6.94. The Morgan fingerprint density at radius 1 is 1.32 bits per heavy atom. The summed E-state index contributed by atoms with van der Waals surface area (Å²) in [4.78, 5) is 14.3. The quantitative estimate of drug-likeness (QED) is 0.868. The predicted octanol–water partition coefficient (Wildman–Crippen LogP) is 2.82. The van der Waals surface area contributed by atoms with Gasteiger partial charge in [0.15, 0.2) is 0 Å². The fourth-order valence-electron chi connectivity index (χ4n) is 3.31. The summed E-state index contributed by atoms with van der Waals surface area (Å²) in [5, 5.41) is 0. The molecule has 0 aromatic rings.